The Hall–Kier alpha value is -0.570. The van der Waals surface area contributed by atoms with Gasteiger partial charge in [-0.05, 0) is 18.4 Å². The van der Waals surface area contributed by atoms with Crippen LogP contribution in [0.2, 0.25) is 0 Å². The van der Waals surface area contributed by atoms with E-state index in [1.807, 2.05) is 0 Å². The van der Waals surface area contributed by atoms with Gasteiger partial charge in [-0.1, -0.05) is 36.8 Å². The van der Waals surface area contributed by atoms with Gasteiger partial charge in [0, 0.05) is 12.3 Å². The molecule has 1 saturated heterocycles. The normalized spacial score (nSPS) is 36.1. The minimum absolute atomic E-state index is 0.0518. The number of benzene rings is 1. The molecule has 3 rings (SSSR count). The summed E-state index contributed by atoms with van der Waals surface area (Å²) in [6.07, 6.45) is 4.60. The summed E-state index contributed by atoms with van der Waals surface area (Å²) in [4.78, 5) is 0. The van der Waals surface area contributed by atoms with Crippen molar-refractivity contribution in [1.82, 2.24) is 0 Å². The summed E-state index contributed by atoms with van der Waals surface area (Å²) in [7, 11) is 0. The first kappa shape index (κ1) is 12.5. The molecule has 2 aliphatic rings. The highest BCUT2D eigenvalue weighted by Gasteiger charge is 2.49. The van der Waals surface area contributed by atoms with E-state index in [2.05, 4.69) is 30.3 Å². The van der Waals surface area contributed by atoms with Gasteiger partial charge in [-0.2, -0.15) is 0 Å². The number of hydrogen-bond donors (Lipinski definition) is 0. The summed E-state index contributed by atoms with van der Waals surface area (Å²) in [5, 5.41) is 0. The minimum atomic E-state index is -0.418. The third-order valence-corrected chi connectivity index (χ3v) is 4.40. The molecule has 0 aromatic heterocycles. The van der Waals surface area contributed by atoms with Crippen molar-refractivity contribution in [2.45, 2.75) is 43.5 Å². The summed E-state index contributed by atoms with van der Waals surface area (Å²) in [5.41, 5.74) is 1.33. The third-order valence-electron chi connectivity index (χ3n) is 4.05. The molecule has 1 aromatic carbocycles. The fraction of sp³-hybridized carbons (Fsp3) is 0.600. The van der Waals surface area contributed by atoms with E-state index in [9.17, 15) is 0 Å². The van der Waals surface area contributed by atoms with Gasteiger partial charge in [-0.15, -0.1) is 11.6 Å². The Bertz CT molecular complexity index is 395. The average molecular weight is 267 g/mol. The van der Waals surface area contributed by atoms with Crippen LogP contribution >= 0.6 is 11.6 Å². The second-order valence-corrected chi connectivity index (χ2v) is 5.53. The van der Waals surface area contributed by atoms with Crippen LogP contribution in [-0.4, -0.2) is 24.4 Å². The second-order valence-electron chi connectivity index (χ2n) is 5.23. The Morgan fingerprint density at radius 2 is 2.06 bits per heavy atom. The third kappa shape index (κ3) is 2.18. The van der Waals surface area contributed by atoms with E-state index in [4.69, 9.17) is 21.1 Å². The lowest BCUT2D eigenvalue weighted by Crippen LogP contribution is -2.41. The van der Waals surface area contributed by atoms with Crippen molar-refractivity contribution in [3.05, 3.63) is 35.9 Å². The van der Waals surface area contributed by atoms with Crippen LogP contribution in [0.4, 0.5) is 0 Å². The zero-order valence-electron chi connectivity index (χ0n) is 10.5. The number of hydrogen-bond acceptors (Lipinski definition) is 2. The molecule has 3 unspecified atom stereocenters. The van der Waals surface area contributed by atoms with Gasteiger partial charge in [0.15, 0.2) is 5.79 Å². The molecule has 2 nitrogen and oxygen atoms in total. The molecule has 3 heteroatoms. The maximum absolute atomic E-state index is 6.15. The monoisotopic (exact) mass is 266 g/mol. The molecule has 1 saturated carbocycles. The minimum Gasteiger partial charge on any atom is -0.347 e. The van der Waals surface area contributed by atoms with E-state index < -0.39 is 5.79 Å². The quantitative estimate of drug-likeness (QED) is 0.760. The molecule has 1 aliphatic heterocycles. The van der Waals surface area contributed by atoms with Gasteiger partial charge in [-0.25, -0.2) is 0 Å². The van der Waals surface area contributed by atoms with Crippen LogP contribution in [0.3, 0.4) is 0 Å². The predicted molar refractivity (Wildman–Crippen MR) is 71.9 cm³/mol. The lowest BCUT2D eigenvalue weighted by Gasteiger charge is -2.40. The Kier molecular flexibility index (Phi) is 3.60. The largest absolute Gasteiger partial charge is 0.347 e. The Morgan fingerprint density at radius 1 is 1.22 bits per heavy atom. The first-order valence-corrected chi connectivity index (χ1v) is 7.30. The molecule has 0 amide bonds. The summed E-state index contributed by atoms with van der Waals surface area (Å²) >= 11 is 5.90. The van der Waals surface area contributed by atoms with Crippen LogP contribution in [0.5, 0.6) is 0 Å². The van der Waals surface area contributed by atoms with Gasteiger partial charge in [0.2, 0.25) is 0 Å². The van der Waals surface area contributed by atoms with Crippen LogP contribution in [0, 0.1) is 0 Å². The molecule has 1 aliphatic carbocycles. The SMILES string of the molecule is ClCC1COC2(CCCCC2c2ccccc2)O1. The van der Waals surface area contributed by atoms with Crippen molar-refractivity contribution in [3.8, 4) is 0 Å². The van der Waals surface area contributed by atoms with E-state index in [0.29, 0.717) is 18.4 Å². The molecule has 1 aromatic rings. The highest BCUT2D eigenvalue weighted by atomic mass is 35.5. The lowest BCUT2D eigenvalue weighted by molar-refractivity contribution is -0.199. The standard InChI is InChI=1S/C15H19ClO2/c16-10-13-11-17-15(18-13)9-5-4-8-14(15)12-6-2-1-3-7-12/h1-3,6-7,13-14H,4-5,8-11H2. The molecule has 2 fully saturated rings. The number of rotatable bonds is 2. The van der Waals surface area contributed by atoms with Gasteiger partial charge >= 0.3 is 0 Å². The molecule has 1 heterocycles. The molecular weight excluding hydrogens is 248 g/mol. The van der Waals surface area contributed by atoms with E-state index in [1.165, 1.54) is 18.4 Å². The van der Waals surface area contributed by atoms with Crippen LogP contribution in [0.15, 0.2) is 30.3 Å². The first-order valence-electron chi connectivity index (χ1n) is 6.77. The van der Waals surface area contributed by atoms with E-state index in [-0.39, 0.29) is 6.10 Å². The fourth-order valence-electron chi connectivity index (χ4n) is 3.19. The first-order chi connectivity index (χ1) is 8.84. The van der Waals surface area contributed by atoms with Crippen molar-refractivity contribution in [1.29, 1.82) is 0 Å². The summed E-state index contributed by atoms with van der Waals surface area (Å²) < 4.78 is 12.2. The highest BCUT2D eigenvalue weighted by Crippen LogP contribution is 2.47. The topological polar surface area (TPSA) is 18.5 Å². The van der Waals surface area contributed by atoms with Gasteiger partial charge in [0.1, 0.15) is 0 Å². The van der Waals surface area contributed by atoms with Crippen LogP contribution < -0.4 is 0 Å². The zero-order valence-corrected chi connectivity index (χ0v) is 11.2. The molecular formula is C15H19ClO2. The van der Waals surface area contributed by atoms with E-state index in [1.54, 1.807) is 0 Å². The van der Waals surface area contributed by atoms with E-state index in [0.717, 1.165) is 12.8 Å². The molecule has 98 valence electrons. The van der Waals surface area contributed by atoms with Gasteiger partial charge in [0.05, 0.1) is 18.6 Å². The zero-order chi connectivity index (χ0) is 12.4. The maximum Gasteiger partial charge on any atom is 0.175 e. The van der Waals surface area contributed by atoms with Crippen molar-refractivity contribution >= 4 is 11.6 Å². The van der Waals surface area contributed by atoms with Crippen LogP contribution in [0.25, 0.3) is 0 Å². The maximum atomic E-state index is 6.15. The molecule has 0 radical (unpaired) electrons. The average Bonchev–Trinajstić information content (AvgIpc) is 2.84. The van der Waals surface area contributed by atoms with Crippen molar-refractivity contribution in [3.63, 3.8) is 0 Å². The number of alkyl halides is 1. The Labute approximate surface area is 113 Å². The van der Waals surface area contributed by atoms with Gasteiger partial charge < -0.3 is 9.47 Å². The van der Waals surface area contributed by atoms with Gasteiger partial charge in [-0.3, -0.25) is 0 Å². The summed E-state index contributed by atoms with van der Waals surface area (Å²) in [5.74, 6) is 0.447. The Balaban J connectivity index is 1.87. The molecule has 3 atom stereocenters. The molecule has 1 spiro atoms. The summed E-state index contributed by atoms with van der Waals surface area (Å²) in [6.45, 7) is 0.632. The number of halogens is 1. The van der Waals surface area contributed by atoms with Crippen molar-refractivity contribution in [2.24, 2.45) is 0 Å². The molecule has 0 N–H and O–H groups in total. The molecule has 0 bridgehead atoms. The predicted octanol–water partition coefficient (Wildman–Crippen LogP) is 3.69. The van der Waals surface area contributed by atoms with Crippen molar-refractivity contribution in [2.75, 3.05) is 12.5 Å². The van der Waals surface area contributed by atoms with E-state index >= 15 is 0 Å². The van der Waals surface area contributed by atoms with Crippen LogP contribution in [0.1, 0.15) is 37.2 Å². The fourth-order valence-corrected chi connectivity index (χ4v) is 3.35. The second kappa shape index (κ2) is 5.20. The Morgan fingerprint density at radius 3 is 2.78 bits per heavy atom. The molecule has 18 heavy (non-hydrogen) atoms. The number of ether oxygens (including phenoxy) is 2. The highest BCUT2D eigenvalue weighted by molar-refractivity contribution is 6.18. The smallest absolute Gasteiger partial charge is 0.175 e. The van der Waals surface area contributed by atoms with Gasteiger partial charge in [0.25, 0.3) is 0 Å². The lowest BCUT2D eigenvalue weighted by atomic mass is 9.79. The summed E-state index contributed by atoms with van der Waals surface area (Å²) in [6, 6.07) is 10.6. The van der Waals surface area contributed by atoms with Crippen molar-refractivity contribution < 1.29 is 9.47 Å². The van der Waals surface area contributed by atoms with Crippen LogP contribution in [-0.2, 0) is 9.47 Å².